The van der Waals surface area contributed by atoms with Gasteiger partial charge in [-0.05, 0) is 49.7 Å². The molecule has 0 aliphatic rings. The minimum absolute atomic E-state index is 0.0100. The number of nitro groups is 1. The molecule has 0 spiro atoms. The van der Waals surface area contributed by atoms with E-state index in [0.717, 1.165) is 4.57 Å². The zero-order valence-corrected chi connectivity index (χ0v) is 21.0. The van der Waals surface area contributed by atoms with Crippen LogP contribution in [0.25, 0.3) is 22.4 Å². The molecule has 10 nitrogen and oxygen atoms in total. The second-order valence-electron chi connectivity index (χ2n) is 8.81. The number of benzene rings is 3. The summed E-state index contributed by atoms with van der Waals surface area (Å²) in [5, 5.41) is 15.6. The average molecular weight is 533 g/mol. The highest BCUT2D eigenvalue weighted by molar-refractivity contribution is 5.78. The van der Waals surface area contributed by atoms with E-state index in [1.165, 1.54) is 66.4 Å². The third kappa shape index (κ3) is 4.15. The molecule has 0 amide bonds. The van der Waals surface area contributed by atoms with E-state index in [9.17, 15) is 24.1 Å². The summed E-state index contributed by atoms with van der Waals surface area (Å²) < 4.78 is 38.3. The molecule has 5 rings (SSSR count). The predicted molar refractivity (Wildman–Crippen MR) is 139 cm³/mol. The first-order chi connectivity index (χ1) is 18.6. The summed E-state index contributed by atoms with van der Waals surface area (Å²) in [5.74, 6) is -1.66. The summed E-state index contributed by atoms with van der Waals surface area (Å²) in [5.41, 5.74) is -0.878. The number of non-ortho nitro benzene ring substituents is 1. The van der Waals surface area contributed by atoms with Crippen LogP contribution in [-0.4, -0.2) is 30.9 Å². The van der Waals surface area contributed by atoms with Crippen molar-refractivity contribution in [2.24, 2.45) is 0 Å². The van der Waals surface area contributed by atoms with Crippen molar-refractivity contribution in [3.05, 3.63) is 120 Å². The van der Waals surface area contributed by atoms with Gasteiger partial charge in [-0.1, -0.05) is 18.2 Å². The van der Waals surface area contributed by atoms with Gasteiger partial charge >= 0.3 is 5.69 Å². The Balaban J connectivity index is 1.86. The Morgan fingerprint density at radius 2 is 1.69 bits per heavy atom. The largest absolute Gasteiger partial charge is 0.494 e. The molecule has 39 heavy (non-hydrogen) atoms. The lowest BCUT2D eigenvalue weighted by molar-refractivity contribution is -0.384. The molecule has 0 saturated carbocycles. The maximum atomic E-state index is 15.3. The number of hydrogen-bond acceptors (Lipinski definition) is 6. The van der Waals surface area contributed by atoms with Crippen LogP contribution in [0.4, 0.5) is 14.5 Å². The molecule has 0 unspecified atom stereocenters. The van der Waals surface area contributed by atoms with Crippen molar-refractivity contribution in [3.8, 4) is 17.1 Å². The second kappa shape index (κ2) is 9.63. The normalized spacial score (nSPS) is 11.2. The number of rotatable bonds is 6. The lowest BCUT2D eigenvalue weighted by Crippen LogP contribution is -2.40. The van der Waals surface area contributed by atoms with Crippen LogP contribution in [0.15, 0.2) is 70.3 Å². The molecule has 0 fully saturated rings. The number of nitro benzene ring substituents is 1. The second-order valence-corrected chi connectivity index (χ2v) is 8.81. The highest BCUT2D eigenvalue weighted by Gasteiger charge is 2.25. The molecule has 0 saturated heterocycles. The van der Waals surface area contributed by atoms with Crippen molar-refractivity contribution in [2.45, 2.75) is 20.4 Å². The Morgan fingerprint density at radius 3 is 2.33 bits per heavy atom. The van der Waals surface area contributed by atoms with Gasteiger partial charge in [-0.3, -0.25) is 19.5 Å². The molecule has 0 radical (unpaired) electrons. The van der Waals surface area contributed by atoms with Gasteiger partial charge in [-0.2, -0.15) is 0 Å². The molecule has 12 heteroatoms. The monoisotopic (exact) mass is 533 g/mol. The maximum absolute atomic E-state index is 15.3. The first-order valence-corrected chi connectivity index (χ1v) is 11.7. The highest BCUT2D eigenvalue weighted by Crippen LogP contribution is 2.25. The third-order valence-corrected chi connectivity index (χ3v) is 6.57. The number of aryl methyl sites for hydroxylation is 2. The van der Waals surface area contributed by atoms with Gasteiger partial charge in [0.05, 0.1) is 35.6 Å². The average Bonchev–Trinajstić information content (AvgIpc) is 3.26. The summed E-state index contributed by atoms with van der Waals surface area (Å²) >= 11 is 0. The summed E-state index contributed by atoms with van der Waals surface area (Å²) in [4.78, 5) is 38.1. The molecule has 0 aliphatic carbocycles. The molecule has 0 aliphatic heterocycles. The van der Waals surface area contributed by atoms with Crippen LogP contribution in [-0.2, 0) is 6.54 Å². The zero-order valence-electron chi connectivity index (χ0n) is 21.0. The number of halogens is 2. The summed E-state index contributed by atoms with van der Waals surface area (Å²) in [6, 6.07) is 14.0. The molecule has 0 atom stereocenters. The molecular formula is C27H21F2N5O5. The van der Waals surface area contributed by atoms with Gasteiger partial charge < -0.3 is 4.74 Å². The van der Waals surface area contributed by atoms with E-state index in [2.05, 4.69) is 5.10 Å². The van der Waals surface area contributed by atoms with Crippen LogP contribution in [0.1, 0.15) is 16.8 Å². The lowest BCUT2D eigenvalue weighted by atomic mass is 10.1. The molecule has 2 aromatic heterocycles. The third-order valence-electron chi connectivity index (χ3n) is 6.57. The molecule has 198 valence electrons. The Hall–Kier alpha value is -5.13. The van der Waals surface area contributed by atoms with Crippen molar-refractivity contribution in [1.29, 1.82) is 0 Å². The van der Waals surface area contributed by atoms with Crippen LogP contribution in [0.2, 0.25) is 0 Å². The van der Waals surface area contributed by atoms with E-state index in [1.807, 2.05) is 0 Å². The van der Waals surface area contributed by atoms with E-state index in [0.29, 0.717) is 21.5 Å². The standard InChI is InChI=1S/C27H21F2N5O5/c1-15-6-4-7-20(28)19(15)14-31-25-23(16(2)33(30-25)17-10-12-18(13-11-17)34(37)38)26(35)32(27(31)36)21-8-5-9-22(39-3)24(21)29/h4-13H,14H2,1-3H3. The van der Waals surface area contributed by atoms with Gasteiger partial charge in [0.2, 0.25) is 0 Å². The zero-order chi connectivity index (χ0) is 28.0. The Kier molecular flexibility index (Phi) is 6.30. The van der Waals surface area contributed by atoms with Crippen LogP contribution in [0.3, 0.4) is 0 Å². The molecular weight excluding hydrogens is 512 g/mol. The molecule has 0 bridgehead atoms. The first kappa shape index (κ1) is 25.5. The fraction of sp³-hybridized carbons (Fsp3) is 0.148. The van der Waals surface area contributed by atoms with Gasteiger partial charge in [-0.15, -0.1) is 5.10 Å². The van der Waals surface area contributed by atoms with Gasteiger partial charge in [0.15, 0.2) is 17.2 Å². The van der Waals surface area contributed by atoms with E-state index in [1.54, 1.807) is 19.9 Å². The number of hydrogen-bond donors (Lipinski definition) is 0. The van der Waals surface area contributed by atoms with E-state index < -0.39 is 27.8 Å². The molecule has 5 aromatic rings. The van der Waals surface area contributed by atoms with Crippen molar-refractivity contribution < 1.29 is 18.4 Å². The van der Waals surface area contributed by atoms with Crippen molar-refractivity contribution in [1.82, 2.24) is 18.9 Å². The quantitative estimate of drug-likeness (QED) is 0.239. The number of methoxy groups -OCH3 is 1. The SMILES string of the molecule is COc1cccc(-n2c(=O)c3c(C)n(-c4ccc([N+](=O)[O-])cc4)nc3n(Cc3c(C)cccc3F)c2=O)c1F. The maximum Gasteiger partial charge on any atom is 0.337 e. The fourth-order valence-electron chi connectivity index (χ4n) is 4.51. The van der Waals surface area contributed by atoms with Gasteiger partial charge in [0.25, 0.3) is 11.2 Å². The van der Waals surface area contributed by atoms with Crippen LogP contribution < -0.4 is 16.0 Å². The minimum atomic E-state index is -0.935. The van der Waals surface area contributed by atoms with Gasteiger partial charge in [-0.25, -0.2) is 22.8 Å². The van der Waals surface area contributed by atoms with Crippen molar-refractivity contribution in [3.63, 3.8) is 0 Å². The van der Waals surface area contributed by atoms with Crippen LogP contribution in [0.5, 0.6) is 5.75 Å². The Labute approximate surface area is 219 Å². The van der Waals surface area contributed by atoms with Gasteiger partial charge in [0, 0.05) is 17.7 Å². The Morgan fingerprint density at radius 1 is 1.00 bits per heavy atom. The lowest BCUT2D eigenvalue weighted by Gasteiger charge is -2.14. The van der Waals surface area contributed by atoms with Crippen LogP contribution >= 0.6 is 0 Å². The molecule has 0 N–H and O–H groups in total. The molecule has 3 aromatic carbocycles. The topological polar surface area (TPSA) is 114 Å². The predicted octanol–water partition coefficient (Wildman–Crippen LogP) is 4.20. The number of ether oxygens (including phenoxy) is 1. The number of nitrogens with zero attached hydrogens (tertiary/aromatic N) is 5. The number of aromatic nitrogens is 4. The summed E-state index contributed by atoms with van der Waals surface area (Å²) in [6.45, 7) is 2.96. The Bertz CT molecular complexity index is 1870. The van der Waals surface area contributed by atoms with Crippen molar-refractivity contribution in [2.75, 3.05) is 7.11 Å². The fourth-order valence-corrected chi connectivity index (χ4v) is 4.51. The number of fused-ring (bicyclic) bond motifs is 1. The highest BCUT2D eigenvalue weighted by atomic mass is 19.1. The van der Waals surface area contributed by atoms with Gasteiger partial charge in [0.1, 0.15) is 11.2 Å². The molecule has 2 heterocycles. The van der Waals surface area contributed by atoms with Crippen molar-refractivity contribution >= 4 is 16.7 Å². The first-order valence-electron chi connectivity index (χ1n) is 11.7. The smallest absolute Gasteiger partial charge is 0.337 e. The summed E-state index contributed by atoms with van der Waals surface area (Å²) in [6.07, 6.45) is 0. The van der Waals surface area contributed by atoms with E-state index in [-0.39, 0.29) is 40.3 Å². The van der Waals surface area contributed by atoms with Crippen LogP contribution in [0, 0.1) is 35.6 Å². The minimum Gasteiger partial charge on any atom is -0.494 e. The van der Waals surface area contributed by atoms with E-state index in [4.69, 9.17) is 4.74 Å². The van der Waals surface area contributed by atoms with E-state index >= 15 is 4.39 Å². The summed E-state index contributed by atoms with van der Waals surface area (Å²) in [7, 11) is 1.26.